The van der Waals surface area contributed by atoms with Crippen molar-refractivity contribution in [1.82, 2.24) is 14.5 Å². The second-order valence-electron chi connectivity index (χ2n) is 12.1. The Morgan fingerprint density at radius 2 is 1.69 bits per heavy atom. The Kier molecular flexibility index (Phi) is 6.65. The van der Waals surface area contributed by atoms with E-state index in [0.717, 1.165) is 24.7 Å². The van der Waals surface area contributed by atoms with E-state index in [-0.39, 0.29) is 24.0 Å². The minimum atomic E-state index is -0.489. The number of benzene rings is 1. The molecule has 2 aliphatic heterocycles. The summed E-state index contributed by atoms with van der Waals surface area (Å²) in [5, 5.41) is 0.586. The highest BCUT2D eigenvalue weighted by Gasteiger charge is 2.47. The number of hydrogen-bond acceptors (Lipinski definition) is 5. The highest BCUT2D eigenvalue weighted by molar-refractivity contribution is 5.89. The molecule has 6 heteroatoms. The van der Waals surface area contributed by atoms with Crippen LogP contribution in [0.25, 0.3) is 10.9 Å². The average Bonchev–Trinajstić information content (AvgIpc) is 3.05. The summed E-state index contributed by atoms with van der Waals surface area (Å²) in [6, 6.07) is 8.98. The summed E-state index contributed by atoms with van der Waals surface area (Å²) in [5.74, 6) is 2.08. The van der Waals surface area contributed by atoms with Crippen molar-refractivity contribution < 1.29 is 9.53 Å². The molecule has 0 N–H and O–H groups in total. The number of fused-ring (bicyclic) bond motifs is 5. The number of carbonyl (C=O) groups excluding carboxylic acids is 1. The van der Waals surface area contributed by atoms with E-state index in [4.69, 9.17) is 4.74 Å². The highest BCUT2D eigenvalue weighted by atomic mass is 16.5. The van der Waals surface area contributed by atoms with Crippen LogP contribution in [0.2, 0.25) is 0 Å². The zero-order valence-electron chi connectivity index (χ0n) is 21.9. The van der Waals surface area contributed by atoms with Gasteiger partial charge in [-0.3, -0.25) is 14.3 Å². The molecule has 194 valence electrons. The summed E-state index contributed by atoms with van der Waals surface area (Å²) in [5.41, 5.74) is 0.467. The maximum atomic E-state index is 13.8. The second kappa shape index (κ2) is 9.92. The molecular formula is C30H41N3O3. The largest absolute Gasteiger partial charge is 0.460 e. The van der Waals surface area contributed by atoms with Gasteiger partial charge in [0.2, 0.25) is 5.82 Å². The minimum absolute atomic E-state index is 0.0196. The van der Waals surface area contributed by atoms with Gasteiger partial charge in [-0.15, -0.1) is 0 Å². The lowest BCUT2D eigenvalue weighted by atomic mass is 9.71. The molecule has 0 amide bonds. The molecule has 2 saturated carbocycles. The summed E-state index contributed by atoms with van der Waals surface area (Å²) in [7, 11) is 0. The van der Waals surface area contributed by atoms with Gasteiger partial charge in [-0.2, -0.15) is 0 Å². The van der Waals surface area contributed by atoms with E-state index in [1.807, 2.05) is 24.3 Å². The van der Waals surface area contributed by atoms with Crippen LogP contribution in [0, 0.1) is 17.8 Å². The van der Waals surface area contributed by atoms with Crippen molar-refractivity contribution in [3.63, 3.8) is 0 Å². The van der Waals surface area contributed by atoms with E-state index in [1.165, 1.54) is 57.8 Å². The molecule has 1 aromatic heterocycles. The Morgan fingerprint density at radius 3 is 2.44 bits per heavy atom. The molecule has 4 fully saturated rings. The lowest BCUT2D eigenvalue weighted by molar-refractivity contribution is -0.0651. The summed E-state index contributed by atoms with van der Waals surface area (Å²) in [4.78, 5) is 34.4. The van der Waals surface area contributed by atoms with Gasteiger partial charge in [0.15, 0.2) is 0 Å². The molecule has 7 atom stereocenters. The predicted molar refractivity (Wildman–Crippen MR) is 141 cm³/mol. The maximum absolute atomic E-state index is 13.8. The van der Waals surface area contributed by atoms with Gasteiger partial charge < -0.3 is 4.74 Å². The minimum Gasteiger partial charge on any atom is -0.460 e. The molecule has 0 spiro atoms. The molecular weight excluding hydrogens is 450 g/mol. The van der Waals surface area contributed by atoms with Crippen LogP contribution in [0.3, 0.4) is 0 Å². The molecule has 3 heterocycles. The standard InChI is InChI=1S/C30H41N3O3/c1-3-36-30(35)28-31-26-11-7-6-10-25(26)29(34)33(28)24-17-22-13-12-19(2)27(18-24)32(22)23-15-20-8-4-5-9-21(14-20)16-23/h6-7,10-11,19-24,27H,3-5,8-9,12-18H2,1-2H3/t19?,20-,21+,22-,23?,24+,27?/m0/s1. The number of aromatic nitrogens is 2. The van der Waals surface area contributed by atoms with Gasteiger partial charge in [-0.25, -0.2) is 9.78 Å². The summed E-state index contributed by atoms with van der Waals surface area (Å²) in [6.45, 7) is 4.47. The van der Waals surface area contributed by atoms with Crippen molar-refractivity contribution in [3.05, 3.63) is 40.4 Å². The number of carbonyl (C=O) groups is 1. The van der Waals surface area contributed by atoms with Gasteiger partial charge >= 0.3 is 5.97 Å². The molecule has 1 aromatic carbocycles. The number of ether oxygens (including phenoxy) is 1. The van der Waals surface area contributed by atoms with Gasteiger partial charge in [-0.1, -0.05) is 44.7 Å². The Bertz CT molecular complexity index is 1160. The summed E-state index contributed by atoms with van der Waals surface area (Å²) < 4.78 is 7.10. The van der Waals surface area contributed by atoms with E-state index in [1.54, 1.807) is 11.5 Å². The zero-order valence-corrected chi connectivity index (χ0v) is 21.9. The molecule has 4 bridgehead atoms. The lowest BCUT2D eigenvalue weighted by Gasteiger charge is -2.56. The van der Waals surface area contributed by atoms with Crippen LogP contribution in [-0.4, -0.2) is 45.2 Å². The van der Waals surface area contributed by atoms with E-state index in [0.29, 0.717) is 34.9 Å². The highest BCUT2D eigenvalue weighted by Crippen LogP contribution is 2.48. The topological polar surface area (TPSA) is 64.4 Å². The first-order valence-electron chi connectivity index (χ1n) is 14.5. The van der Waals surface area contributed by atoms with Gasteiger partial charge in [0, 0.05) is 24.2 Å². The van der Waals surface area contributed by atoms with Crippen LogP contribution in [0.5, 0.6) is 0 Å². The van der Waals surface area contributed by atoms with Crippen LogP contribution in [0.4, 0.5) is 0 Å². The summed E-state index contributed by atoms with van der Waals surface area (Å²) in [6.07, 6.45) is 14.1. The molecule has 0 radical (unpaired) electrons. The Labute approximate surface area is 214 Å². The maximum Gasteiger partial charge on any atom is 0.374 e. The van der Waals surface area contributed by atoms with Crippen LogP contribution in [-0.2, 0) is 4.74 Å². The number of rotatable bonds is 4. The Hall–Kier alpha value is -2.21. The lowest BCUT2D eigenvalue weighted by Crippen LogP contribution is -2.61. The molecule has 2 saturated heterocycles. The monoisotopic (exact) mass is 491 g/mol. The van der Waals surface area contributed by atoms with Crippen molar-refractivity contribution in [2.45, 2.75) is 109 Å². The number of esters is 1. The molecule has 36 heavy (non-hydrogen) atoms. The van der Waals surface area contributed by atoms with E-state index in [9.17, 15) is 9.59 Å². The number of hydrogen-bond donors (Lipinski definition) is 0. The predicted octanol–water partition coefficient (Wildman–Crippen LogP) is 5.74. The van der Waals surface area contributed by atoms with Crippen molar-refractivity contribution >= 4 is 16.9 Å². The quantitative estimate of drug-likeness (QED) is 0.511. The summed E-state index contributed by atoms with van der Waals surface area (Å²) >= 11 is 0. The number of piperidine rings is 2. The molecule has 4 aliphatic rings. The van der Waals surface area contributed by atoms with Crippen LogP contribution >= 0.6 is 0 Å². The van der Waals surface area contributed by atoms with Crippen LogP contribution in [0.15, 0.2) is 29.1 Å². The van der Waals surface area contributed by atoms with E-state index < -0.39 is 5.97 Å². The normalized spacial score (nSPS) is 34.8. The molecule has 2 aromatic rings. The zero-order chi connectivity index (χ0) is 24.8. The van der Waals surface area contributed by atoms with Gasteiger partial charge in [0.25, 0.3) is 5.56 Å². The smallest absolute Gasteiger partial charge is 0.374 e. The average molecular weight is 492 g/mol. The third-order valence-corrected chi connectivity index (χ3v) is 9.88. The molecule has 2 aliphatic carbocycles. The molecule has 6 nitrogen and oxygen atoms in total. The van der Waals surface area contributed by atoms with Crippen molar-refractivity contribution in [3.8, 4) is 0 Å². The third-order valence-electron chi connectivity index (χ3n) is 9.88. The first-order valence-corrected chi connectivity index (χ1v) is 14.5. The SMILES string of the molecule is CCOC(=O)c1nc2ccccc2c(=O)n1[C@H]1CC2C(C)CC[C@@H](C1)N2C1C[C@H]2CCCC[C@@H](C1)C2. The van der Waals surface area contributed by atoms with Gasteiger partial charge in [-0.05, 0) is 81.8 Å². The van der Waals surface area contributed by atoms with Crippen molar-refractivity contribution in [2.24, 2.45) is 17.8 Å². The fourth-order valence-corrected chi connectivity index (χ4v) is 8.36. The number of nitrogens with zero attached hydrogens (tertiary/aromatic N) is 3. The van der Waals surface area contributed by atoms with Gasteiger partial charge in [0.05, 0.1) is 17.5 Å². The third kappa shape index (κ3) is 4.29. The first-order chi connectivity index (χ1) is 17.5. The molecule has 6 rings (SSSR count). The van der Waals surface area contributed by atoms with E-state index >= 15 is 0 Å². The first kappa shape index (κ1) is 24.1. The van der Waals surface area contributed by atoms with E-state index in [2.05, 4.69) is 16.8 Å². The fraction of sp³-hybridized carbons (Fsp3) is 0.700. The van der Waals surface area contributed by atoms with Crippen molar-refractivity contribution in [1.29, 1.82) is 0 Å². The Morgan fingerprint density at radius 1 is 0.944 bits per heavy atom. The Balaban J connectivity index is 1.36. The van der Waals surface area contributed by atoms with Crippen molar-refractivity contribution in [2.75, 3.05) is 6.61 Å². The number of para-hydroxylation sites is 1. The van der Waals surface area contributed by atoms with Crippen LogP contribution in [0.1, 0.15) is 101 Å². The van der Waals surface area contributed by atoms with Gasteiger partial charge in [0.1, 0.15) is 0 Å². The second-order valence-corrected chi connectivity index (χ2v) is 12.1. The fourth-order valence-electron chi connectivity index (χ4n) is 8.36. The van der Waals surface area contributed by atoms with Crippen LogP contribution < -0.4 is 5.56 Å². The molecule has 3 unspecified atom stereocenters.